The minimum absolute atomic E-state index is 0.0705. The van der Waals surface area contributed by atoms with Crippen LogP contribution >= 0.6 is 0 Å². The minimum atomic E-state index is -0.188. The van der Waals surface area contributed by atoms with Crippen molar-refractivity contribution < 1.29 is 9.53 Å². The Morgan fingerprint density at radius 2 is 2.38 bits per heavy atom. The van der Waals surface area contributed by atoms with E-state index in [4.69, 9.17) is 10.5 Å². The van der Waals surface area contributed by atoms with Crippen molar-refractivity contribution in [2.45, 2.75) is 31.8 Å². The predicted octanol–water partition coefficient (Wildman–Crippen LogP) is 1.09. The zero-order valence-electron chi connectivity index (χ0n) is 12.5. The number of carbonyl (C=O) groups excluding carboxylic acids is 1. The molecule has 5 nitrogen and oxygen atoms in total. The van der Waals surface area contributed by atoms with Gasteiger partial charge in [-0.05, 0) is 43.0 Å². The first-order valence-corrected chi connectivity index (χ1v) is 7.70. The molecule has 0 aromatic heterocycles. The van der Waals surface area contributed by atoms with E-state index in [9.17, 15) is 4.79 Å². The summed E-state index contributed by atoms with van der Waals surface area (Å²) in [4.78, 5) is 14.6. The fourth-order valence-corrected chi connectivity index (χ4v) is 3.47. The van der Waals surface area contributed by atoms with Crippen molar-refractivity contribution >= 4 is 11.6 Å². The molecule has 1 aliphatic heterocycles. The van der Waals surface area contributed by atoms with Gasteiger partial charge >= 0.3 is 0 Å². The molecule has 1 amide bonds. The molecule has 1 aromatic carbocycles. The number of nitrogens with one attached hydrogen (secondary N) is 1. The fraction of sp³-hybridized carbons (Fsp3) is 0.562. The van der Waals surface area contributed by atoms with E-state index in [0.29, 0.717) is 25.8 Å². The number of nitrogen functional groups attached to an aromatic ring is 1. The standard InChI is InChI=1S/C16H23N3O2/c1-2-18-16(20)15-10-21-8-7-19(15)14-6-3-11-9-12(17)4-5-13(11)14/h4-5,9,14-15H,2-3,6-8,10,17H2,1H3,(H,18,20). The van der Waals surface area contributed by atoms with E-state index in [-0.39, 0.29) is 11.9 Å². The summed E-state index contributed by atoms with van der Waals surface area (Å²) in [5.41, 5.74) is 9.33. The van der Waals surface area contributed by atoms with Crippen molar-refractivity contribution in [3.05, 3.63) is 29.3 Å². The van der Waals surface area contributed by atoms with E-state index in [1.165, 1.54) is 11.1 Å². The Labute approximate surface area is 125 Å². The van der Waals surface area contributed by atoms with Gasteiger partial charge < -0.3 is 15.8 Å². The lowest BCUT2D eigenvalue weighted by Crippen LogP contribution is -2.54. The normalized spacial score (nSPS) is 25.6. The molecule has 0 radical (unpaired) electrons. The SMILES string of the molecule is CCNC(=O)C1COCCN1C1CCc2cc(N)ccc21. The number of hydrogen-bond acceptors (Lipinski definition) is 4. The highest BCUT2D eigenvalue weighted by molar-refractivity contribution is 5.82. The summed E-state index contributed by atoms with van der Waals surface area (Å²) in [6.07, 6.45) is 2.08. The number of nitrogens with zero attached hydrogens (tertiary/aromatic N) is 1. The largest absolute Gasteiger partial charge is 0.399 e. The van der Waals surface area contributed by atoms with Crippen molar-refractivity contribution in [1.82, 2.24) is 10.2 Å². The number of rotatable bonds is 3. The highest BCUT2D eigenvalue weighted by atomic mass is 16.5. The third kappa shape index (κ3) is 2.76. The van der Waals surface area contributed by atoms with Crippen LogP contribution in [0, 0.1) is 0 Å². The summed E-state index contributed by atoms with van der Waals surface area (Å²) >= 11 is 0. The number of carbonyl (C=O) groups is 1. The first-order valence-electron chi connectivity index (χ1n) is 7.70. The predicted molar refractivity (Wildman–Crippen MR) is 81.9 cm³/mol. The quantitative estimate of drug-likeness (QED) is 0.818. The van der Waals surface area contributed by atoms with Crippen LogP contribution in [0.15, 0.2) is 18.2 Å². The number of hydrogen-bond donors (Lipinski definition) is 2. The van der Waals surface area contributed by atoms with Crippen molar-refractivity contribution in [1.29, 1.82) is 0 Å². The van der Waals surface area contributed by atoms with Gasteiger partial charge in [0.2, 0.25) is 5.91 Å². The molecule has 3 rings (SSSR count). The molecular formula is C16H23N3O2. The molecule has 1 aromatic rings. The lowest BCUT2D eigenvalue weighted by Gasteiger charge is -2.39. The average Bonchev–Trinajstić information content (AvgIpc) is 2.90. The van der Waals surface area contributed by atoms with E-state index in [0.717, 1.165) is 25.1 Å². The molecule has 0 bridgehead atoms. The number of aryl methyl sites for hydroxylation is 1. The molecule has 5 heteroatoms. The summed E-state index contributed by atoms with van der Waals surface area (Å²) in [6.45, 7) is 4.57. The van der Waals surface area contributed by atoms with Crippen LogP contribution in [0.4, 0.5) is 5.69 Å². The second-order valence-electron chi connectivity index (χ2n) is 5.74. The molecule has 1 saturated heterocycles. The van der Waals surface area contributed by atoms with Crippen LogP contribution < -0.4 is 11.1 Å². The Morgan fingerprint density at radius 3 is 3.19 bits per heavy atom. The van der Waals surface area contributed by atoms with Crippen LogP contribution in [0.2, 0.25) is 0 Å². The number of anilines is 1. The van der Waals surface area contributed by atoms with Gasteiger partial charge in [-0.15, -0.1) is 0 Å². The Kier molecular flexibility index (Phi) is 4.12. The molecule has 0 spiro atoms. The number of fused-ring (bicyclic) bond motifs is 1. The van der Waals surface area contributed by atoms with Gasteiger partial charge in [-0.1, -0.05) is 6.07 Å². The second-order valence-corrected chi connectivity index (χ2v) is 5.74. The van der Waals surface area contributed by atoms with Crippen molar-refractivity contribution in [3.63, 3.8) is 0 Å². The average molecular weight is 289 g/mol. The maximum atomic E-state index is 12.3. The van der Waals surface area contributed by atoms with Crippen LogP contribution in [0.5, 0.6) is 0 Å². The maximum Gasteiger partial charge on any atom is 0.239 e. The molecule has 1 heterocycles. The Balaban J connectivity index is 1.84. The number of benzene rings is 1. The molecule has 1 fully saturated rings. The molecule has 2 atom stereocenters. The van der Waals surface area contributed by atoms with Gasteiger partial charge in [0.15, 0.2) is 0 Å². The Hall–Kier alpha value is -1.59. The molecular weight excluding hydrogens is 266 g/mol. The number of likely N-dealkylation sites (N-methyl/N-ethyl adjacent to an activating group) is 1. The third-order valence-corrected chi connectivity index (χ3v) is 4.44. The van der Waals surface area contributed by atoms with Crippen LogP contribution in [0.3, 0.4) is 0 Å². The summed E-state index contributed by atoms with van der Waals surface area (Å²) in [5.74, 6) is 0.0705. The highest BCUT2D eigenvalue weighted by Gasteiger charge is 2.37. The smallest absolute Gasteiger partial charge is 0.239 e. The molecule has 1 aliphatic carbocycles. The van der Waals surface area contributed by atoms with Gasteiger partial charge in [0, 0.05) is 24.8 Å². The van der Waals surface area contributed by atoms with Crippen LogP contribution in [0.25, 0.3) is 0 Å². The van der Waals surface area contributed by atoms with Gasteiger partial charge in [-0.2, -0.15) is 0 Å². The van der Waals surface area contributed by atoms with Gasteiger partial charge in [0.05, 0.1) is 13.2 Å². The second kappa shape index (κ2) is 6.03. The van der Waals surface area contributed by atoms with Gasteiger partial charge in [-0.25, -0.2) is 0 Å². The van der Waals surface area contributed by atoms with E-state index in [1.807, 2.05) is 13.0 Å². The van der Waals surface area contributed by atoms with Gasteiger partial charge in [-0.3, -0.25) is 9.69 Å². The first-order chi connectivity index (χ1) is 10.2. The number of ether oxygens (including phenoxy) is 1. The summed E-state index contributed by atoms with van der Waals surface area (Å²) in [5, 5.41) is 2.92. The summed E-state index contributed by atoms with van der Waals surface area (Å²) in [6, 6.07) is 6.26. The molecule has 0 saturated carbocycles. The lowest BCUT2D eigenvalue weighted by atomic mass is 10.0. The summed E-state index contributed by atoms with van der Waals surface area (Å²) < 4.78 is 5.52. The minimum Gasteiger partial charge on any atom is -0.399 e. The zero-order valence-corrected chi connectivity index (χ0v) is 12.5. The number of nitrogens with two attached hydrogens (primary N) is 1. The maximum absolute atomic E-state index is 12.3. The Bertz CT molecular complexity index is 532. The van der Waals surface area contributed by atoms with E-state index < -0.39 is 0 Å². The van der Waals surface area contributed by atoms with Crippen molar-refractivity contribution in [3.8, 4) is 0 Å². The number of morpholine rings is 1. The van der Waals surface area contributed by atoms with Crippen molar-refractivity contribution in [2.24, 2.45) is 0 Å². The Morgan fingerprint density at radius 1 is 1.52 bits per heavy atom. The topological polar surface area (TPSA) is 67.6 Å². The monoisotopic (exact) mass is 289 g/mol. The van der Waals surface area contributed by atoms with Crippen LogP contribution in [-0.2, 0) is 16.0 Å². The fourth-order valence-electron chi connectivity index (χ4n) is 3.47. The molecule has 2 aliphatic rings. The van der Waals surface area contributed by atoms with Gasteiger partial charge in [0.25, 0.3) is 0 Å². The molecule has 21 heavy (non-hydrogen) atoms. The van der Waals surface area contributed by atoms with E-state index >= 15 is 0 Å². The first kappa shape index (κ1) is 14.4. The number of amides is 1. The molecule has 3 N–H and O–H groups in total. The van der Waals surface area contributed by atoms with Crippen molar-refractivity contribution in [2.75, 3.05) is 32.0 Å². The molecule has 114 valence electrons. The third-order valence-electron chi connectivity index (χ3n) is 4.44. The lowest BCUT2D eigenvalue weighted by molar-refractivity contribution is -0.134. The van der Waals surface area contributed by atoms with Crippen LogP contribution in [-0.4, -0.2) is 43.2 Å². The molecule has 2 unspecified atom stereocenters. The highest BCUT2D eigenvalue weighted by Crippen LogP contribution is 2.38. The van der Waals surface area contributed by atoms with E-state index in [1.54, 1.807) is 0 Å². The van der Waals surface area contributed by atoms with Crippen LogP contribution in [0.1, 0.15) is 30.5 Å². The van der Waals surface area contributed by atoms with E-state index in [2.05, 4.69) is 22.3 Å². The van der Waals surface area contributed by atoms with Gasteiger partial charge in [0.1, 0.15) is 6.04 Å². The zero-order chi connectivity index (χ0) is 14.8. The summed E-state index contributed by atoms with van der Waals surface area (Å²) in [7, 11) is 0.